The third-order valence-electron chi connectivity index (χ3n) is 6.15. The zero-order chi connectivity index (χ0) is 22.7. The van der Waals surface area contributed by atoms with Crippen LogP contribution in [0.1, 0.15) is 34.6 Å². The van der Waals surface area contributed by atoms with E-state index in [2.05, 4.69) is 10.2 Å². The molecule has 0 fully saturated rings. The van der Waals surface area contributed by atoms with Crippen LogP contribution in [-0.4, -0.2) is 36.9 Å². The zero-order valence-corrected chi connectivity index (χ0v) is 17.7. The molecule has 164 valence electrons. The molecular formula is C23H20F3N5O. The SMILES string of the molecule is C[C@H]1c2nn(C)c(-c3cc(F)c(F)c(F)c3)c2CCN1C(=O)c1ccc2c(cnn2C)c1. The van der Waals surface area contributed by atoms with Crippen LogP contribution in [0.25, 0.3) is 22.2 Å². The summed E-state index contributed by atoms with van der Waals surface area (Å²) in [6.07, 6.45) is 2.18. The number of hydrogen-bond acceptors (Lipinski definition) is 3. The molecule has 2 aromatic carbocycles. The number of carbonyl (C=O) groups is 1. The van der Waals surface area contributed by atoms with Gasteiger partial charge in [0.1, 0.15) is 0 Å². The number of carbonyl (C=O) groups excluding carboxylic acids is 1. The number of amides is 1. The molecule has 1 aliphatic rings. The van der Waals surface area contributed by atoms with Gasteiger partial charge < -0.3 is 4.90 Å². The summed E-state index contributed by atoms with van der Waals surface area (Å²) in [6, 6.07) is 7.07. The smallest absolute Gasteiger partial charge is 0.254 e. The number of benzene rings is 2. The highest BCUT2D eigenvalue weighted by atomic mass is 19.2. The maximum absolute atomic E-state index is 13.8. The van der Waals surface area contributed by atoms with E-state index in [1.54, 1.807) is 28.9 Å². The summed E-state index contributed by atoms with van der Waals surface area (Å²) < 4.78 is 44.4. The van der Waals surface area contributed by atoms with Crippen molar-refractivity contribution >= 4 is 16.8 Å². The molecule has 0 saturated carbocycles. The lowest BCUT2D eigenvalue weighted by atomic mass is 9.95. The Balaban J connectivity index is 1.50. The molecular weight excluding hydrogens is 419 g/mol. The van der Waals surface area contributed by atoms with Crippen LogP contribution in [0, 0.1) is 17.5 Å². The molecule has 1 aliphatic heterocycles. The van der Waals surface area contributed by atoms with Crippen LogP contribution in [0.3, 0.4) is 0 Å². The second-order valence-corrected chi connectivity index (χ2v) is 8.06. The van der Waals surface area contributed by atoms with E-state index in [1.165, 1.54) is 4.68 Å². The van der Waals surface area contributed by atoms with Gasteiger partial charge in [0, 0.05) is 42.7 Å². The minimum Gasteiger partial charge on any atom is -0.330 e. The number of halogens is 3. The van der Waals surface area contributed by atoms with Crippen LogP contribution in [0.4, 0.5) is 13.2 Å². The Hall–Kier alpha value is -3.62. The Morgan fingerprint density at radius 2 is 1.78 bits per heavy atom. The summed E-state index contributed by atoms with van der Waals surface area (Å²) in [6.45, 7) is 2.30. The lowest BCUT2D eigenvalue weighted by Gasteiger charge is -2.33. The van der Waals surface area contributed by atoms with Gasteiger partial charge in [-0.15, -0.1) is 0 Å². The molecule has 9 heteroatoms. The Morgan fingerprint density at radius 3 is 2.50 bits per heavy atom. The van der Waals surface area contributed by atoms with E-state index in [9.17, 15) is 18.0 Å². The summed E-state index contributed by atoms with van der Waals surface area (Å²) in [5, 5.41) is 9.63. The van der Waals surface area contributed by atoms with E-state index < -0.39 is 17.5 Å². The van der Waals surface area contributed by atoms with Gasteiger partial charge in [-0.25, -0.2) is 13.2 Å². The number of aryl methyl sites for hydroxylation is 2. The van der Waals surface area contributed by atoms with Gasteiger partial charge >= 0.3 is 0 Å². The van der Waals surface area contributed by atoms with Gasteiger partial charge in [-0.05, 0) is 43.7 Å². The Kier molecular flexibility index (Phi) is 4.58. The fourth-order valence-electron chi connectivity index (χ4n) is 4.54. The molecule has 0 radical (unpaired) electrons. The topological polar surface area (TPSA) is 56.0 Å². The summed E-state index contributed by atoms with van der Waals surface area (Å²) in [5.41, 5.74) is 3.69. The lowest BCUT2D eigenvalue weighted by Crippen LogP contribution is -2.38. The first kappa shape index (κ1) is 20.3. The summed E-state index contributed by atoms with van der Waals surface area (Å²) >= 11 is 0. The Bertz CT molecular complexity index is 1370. The first-order valence-corrected chi connectivity index (χ1v) is 10.2. The summed E-state index contributed by atoms with van der Waals surface area (Å²) in [7, 11) is 3.51. The quantitative estimate of drug-likeness (QED) is 0.441. The highest BCUT2D eigenvalue weighted by molar-refractivity contribution is 5.98. The van der Waals surface area contributed by atoms with Crippen molar-refractivity contribution < 1.29 is 18.0 Å². The van der Waals surface area contributed by atoms with Gasteiger partial charge in [-0.1, -0.05) is 0 Å². The third kappa shape index (κ3) is 2.99. The van der Waals surface area contributed by atoms with Crippen LogP contribution in [0.15, 0.2) is 36.5 Å². The van der Waals surface area contributed by atoms with Gasteiger partial charge in [0.15, 0.2) is 17.5 Å². The molecule has 32 heavy (non-hydrogen) atoms. The summed E-state index contributed by atoms with van der Waals surface area (Å²) in [5.74, 6) is -4.12. The lowest BCUT2D eigenvalue weighted by molar-refractivity contribution is 0.0674. The molecule has 6 nitrogen and oxygen atoms in total. The van der Waals surface area contributed by atoms with Crippen molar-refractivity contribution in [2.75, 3.05) is 6.54 Å². The van der Waals surface area contributed by atoms with Crippen LogP contribution in [0.2, 0.25) is 0 Å². The molecule has 0 spiro atoms. The zero-order valence-electron chi connectivity index (χ0n) is 17.7. The van der Waals surface area contributed by atoms with Gasteiger partial charge in [0.2, 0.25) is 0 Å². The molecule has 3 heterocycles. The molecule has 4 aromatic rings. The van der Waals surface area contributed by atoms with E-state index >= 15 is 0 Å². The van der Waals surface area contributed by atoms with Crippen molar-refractivity contribution in [3.8, 4) is 11.3 Å². The molecule has 2 aromatic heterocycles. The van der Waals surface area contributed by atoms with Crippen LogP contribution < -0.4 is 0 Å². The first-order valence-electron chi connectivity index (χ1n) is 10.2. The summed E-state index contributed by atoms with van der Waals surface area (Å²) in [4.78, 5) is 15.0. The number of rotatable bonds is 2. The van der Waals surface area contributed by atoms with Crippen LogP contribution in [-0.2, 0) is 20.5 Å². The normalized spacial score (nSPS) is 15.9. The minimum absolute atomic E-state index is 0.125. The van der Waals surface area contributed by atoms with Crippen molar-refractivity contribution in [2.45, 2.75) is 19.4 Å². The van der Waals surface area contributed by atoms with E-state index in [4.69, 9.17) is 0 Å². The fourth-order valence-corrected chi connectivity index (χ4v) is 4.54. The minimum atomic E-state index is -1.50. The highest BCUT2D eigenvalue weighted by Gasteiger charge is 2.33. The van der Waals surface area contributed by atoms with E-state index in [1.807, 2.05) is 26.1 Å². The standard InChI is InChI=1S/C23H20F3N5O/c1-12-21-16(22(30(3)28-21)14-9-17(24)20(26)18(25)10-14)6-7-31(12)23(32)13-4-5-19-15(8-13)11-27-29(19)2/h4-5,8-12H,6-7H2,1-3H3/t12-/m0/s1. The molecule has 0 bridgehead atoms. The largest absolute Gasteiger partial charge is 0.330 e. The van der Waals surface area contributed by atoms with E-state index in [0.717, 1.165) is 28.6 Å². The van der Waals surface area contributed by atoms with Crippen molar-refractivity contribution in [1.29, 1.82) is 0 Å². The molecule has 5 rings (SSSR count). The average molecular weight is 439 g/mol. The Labute approximate surface area is 181 Å². The average Bonchev–Trinajstić information content (AvgIpc) is 3.31. The molecule has 0 unspecified atom stereocenters. The third-order valence-corrected chi connectivity index (χ3v) is 6.15. The van der Waals surface area contributed by atoms with Crippen molar-refractivity contribution in [2.24, 2.45) is 14.1 Å². The second-order valence-electron chi connectivity index (χ2n) is 8.06. The highest BCUT2D eigenvalue weighted by Crippen LogP contribution is 2.37. The molecule has 1 amide bonds. The van der Waals surface area contributed by atoms with Crippen molar-refractivity contribution in [1.82, 2.24) is 24.5 Å². The maximum Gasteiger partial charge on any atom is 0.254 e. The monoisotopic (exact) mass is 439 g/mol. The molecule has 1 atom stereocenters. The van der Waals surface area contributed by atoms with Crippen LogP contribution >= 0.6 is 0 Å². The maximum atomic E-state index is 13.8. The van der Waals surface area contributed by atoms with Gasteiger partial charge in [-0.3, -0.25) is 14.2 Å². The van der Waals surface area contributed by atoms with Crippen LogP contribution in [0.5, 0.6) is 0 Å². The number of aromatic nitrogens is 4. The number of fused-ring (bicyclic) bond motifs is 2. The molecule has 0 aliphatic carbocycles. The van der Waals surface area contributed by atoms with Gasteiger partial charge in [0.05, 0.1) is 29.1 Å². The van der Waals surface area contributed by atoms with E-state index in [-0.39, 0.29) is 17.5 Å². The van der Waals surface area contributed by atoms with Crippen molar-refractivity contribution in [3.63, 3.8) is 0 Å². The predicted octanol–water partition coefficient (Wildman–Crippen LogP) is 4.15. The molecule has 0 N–H and O–H groups in total. The fraction of sp³-hybridized carbons (Fsp3) is 0.261. The van der Waals surface area contributed by atoms with E-state index in [0.29, 0.717) is 29.9 Å². The molecule has 0 saturated heterocycles. The van der Waals surface area contributed by atoms with Gasteiger partial charge in [-0.2, -0.15) is 10.2 Å². The second kappa shape index (κ2) is 7.22. The first-order chi connectivity index (χ1) is 15.3. The van der Waals surface area contributed by atoms with Crippen molar-refractivity contribution in [3.05, 3.63) is 70.8 Å². The number of nitrogens with zero attached hydrogens (tertiary/aromatic N) is 5. The van der Waals surface area contributed by atoms with Gasteiger partial charge in [0.25, 0.3) is 5.91 Å². The number of hydrogen-bond donors (Lipinski definition) is 0. The predicted molar refractivity (Wildman–Crippen MR) is 112 cm³/mol. The Morgan fingerprint density at radius 1 is 1.06 bits per heavy atom.